The minimum absolute atomic E-state index is 0.227. The Bertz CT molecular complexity index is 420. The van der Waals surface area contributed by atoms with Crippen molar-refractivity contribution in [2.75, 3.05) is 31.1 Å². The number of para-hydroxylation sites is 1. The van der Waals surface area contributed by atoms with E-state index in [1.807, 2.05) is 24.8 Å². The first-order valence-corrected chi connectivity index (χ1v) is 7.14. The lowest BCUT2D eigenvalue weighted by molar-refractivity contribution is -0.140. The Hall–Kier alpha value is -1.51. The lowest BCUT2D eigenvalue weighted by Gasteiger charge is -2.39. The molecule has 3 nitrogen and oxygen atoms in total. The molecule has 104 valence electrons. The van der Waals surface area contributed by atoms with Gasteiger partial charge in [0.25, 0.3) is 0 Å². The van der Waals surface area contributed by atoms with Crippen molar-refractivity contribution in [2.45, 2.75) is 27.2 Å². The van der Waals surface area contributed by atoms with Gasteiger partial charge in [-0.3, -0.25) is 4.79 Å². The van der Waals surface area contributed by atoms with Gasteiger partial charge in [-0.15, -0.1) is 0 Å². The maximum atomic E-state index is 12.4. The van der Waals surface area contributed by atoms with Crippen LogP contribution in [0.15, 0.2) is 30.3 Å². The Morgan fingerprint density at radius 1 is 1.11 bits per heavy atom. The second-order valence-electron chi connectivity index (χ2n) is 5.85. The Morgan fingerprint density at radius 2 is 1.68 bits per heavy atom. The maximum absolute atomic E-state index is 12.4. The summed E-state index contributed by atoms with van der Waals surface area (Å²) in [6, 6.07) is 10.4. The molecule has 1 heterocycles. The van der Waals surface area contributed by atoms with Crippen LogP contribution in [0.5, 0.6) is 0 Å². The molecule has 1 saturated heterocycles. The van der Waals surface area contributed by atoms with Crippen LogP contribution in [0.25, 0.3) is 0 Å². The number of hydrogen-bond acceptors (Lipinski definition) is 2. The second kappa shape index (κ2) is 5.64. The molecular weight excluding hydrogens is 236 g/mol. The summed E-state index contributed by atoms with van der Waals surface area (Å²) in [5.41, 5.74) is 1.03. The van der Waals surface area contributed by atoms with Crippen LogP contribution in [0.1, 0.15) is 27.2 Å². The van der Waals surface area contributed by atoms with E-state index < -0.39 is 0 Å². The number of anilines is 1. The summed E-state index contributed by atoms with van der Waals surface area (Å²) in [7, 11) is 0. The molecule has 0 aromatic heterocycles. The Labute approximate surface area is 116 Å². The fraction of sp³-hybridized carbons (Fsp3) is 0.562. The molecule has 2 rings (SSSR count). The zero-order valence-electron chi connectivity index (χ0n) is 12.2. The molecular formula is C16H24N2O. The standard InChI is InChI=1S/C16H24N2O/c1-4-16(2,3)15(19)18-12-10-17(11-13-18)14-8-6-5-7-9-14/h5-9H,4,10-13H2,1-3H3. The molecule has 0 N–H and O–H groups in total. The summed E-state index contributed by atoms with van der Waals surface area (Å²) in [5.74, 6) is 0.294. The summed E-state index contributed by atoms with van der Waals surface area (Å²) in [4.78, 5) is 16.8. The summed E-state index contributed by atoms with van der Waals surface area (Å²) < 4.78 is 0. The van der Waals surface area contributed by atoms with Crippen molar-refractivity contribution in [1.82, 2.24) is 4.90 Å². The summed E-state index contributed by atoms with van der Waals surface area (Å²) in [5, 5.41) is 0. The van der Waals surface area contributed by atoms with E-state index in [0.717, 1.165) is 32.6 Å². The third kappa shape index (κ3) is 3.09. The van der Waals surface area contributed by atoms with E-state index in [1.54, 1.807) is 0 Å². The average molecular weight is 260 g/mol. The van der Waals surface area contributed by atoms with Gasteiger partial charge in [0.15, 0.2) is 0 Å². The third-order valence-corrected chi connectivity index (χ3v) is 4.15. The van der Waals surface area contributed by atoms with Crippen molar-refractivity contribution in [3.8, 4) is 0 Å². The first-order valence-electron chi connectivity index (χ1n) is 7.14. The Morgan fingerprint density at radius 3 is 2.21 bits per heavy atom. The summed E-state index contributed by atoms with van der Waals surface area (Å²) in [6.45, 7) is 9.68. The van der Waals surface area contributed by atoms with Gasteiger partial charge in [-0.1, -0.05) is 39.0 Å². The fourth-order valence-corrected chi connectivity index (χ4v) is 2.39. The molecule has 0 atom stereocenters. The van der Waals surface area contributed by atoms with Gasteiger partial charge in [0.05, 0.1) is 0 Å². The Kier molecular flexibility index (Phi) is 4.13. The highest BCUT2D eigenvalue weighted by Gasteiger charge is 2.31. The highest BCUT2D eigenvalue weighted by atomic mass is 16.2. The van der Waals surface area contributed by atoms with Crippen LogP contribution < -0.4 is 4.90 Å². The van der Waals surface area contributed by atoms with Crippen LogP contribution in [0.2, 0.25) is 0 Å². The molecule has 0 radical (unpaired) electrons. The molecule has 0 bridgehead atoms. The number of hydrogen-bond donors (Lipinski definition) is 0. The predicted molar refractivity (Wildman–Crippen MR) is 79.3 cm³/mol. The molecule has 0 unspecified atom stereocenters. The number of amides is 1. The molecule has 1 fully saturated rings. The van der Waals surface area contributed by atoms with Crippen LogP contribution >= 0.6 is 0 Å². The minimum atomic E-state index is -0.227. The number of nitrogens with zero attached hydrogens (tertiary/aromatic N) is 2. The third-order valence-electron chi connectivity index (χ3n) is 4.15. The smallest absolute Gasteiger partial charge is 0.228 e. The van der Waals surface area contributed by atoms with Crippen molar-refractivity contribution < 1.29 is 4.79 Å². The number of rotatable bonds is 3. The van der Waals surface area contributed by atoms with Gasteiger partial charge >= 0.3 is 0 Å². The van der Waals surface area contributed by atoms with Crippen LogP contribution in [0.4, 0.5) is 5.69 Å². The van der Waals surface area contributed by atoms with Crippen molar-refractivity contribution in [3.63, 3.8) is 0 Å². The van der Waals surface area contributed by atoms with Crippen LogP contribution in [-0.2, 0) is 4.79 Å². The van der Waals surface area contributed by atoms with Gasteiger partial charge in [0.2, 0.25) is 5.91 Å². The van der Waals surface area contributed by atoms with Crippen LogP contribution in [0.3, 0.4) is 0 Å². The van der Waals surface area contributed by atoms with E-state index >= 15 is 0 Å². The molecule has 1 aromatic rings. The second-order valence-corrected chi connectivity index (χ2v) is 5.85. The molecule has 19 heavy (non-hydrogen) atoms. The maximum Gasteiger partial charge on any atom is 0.228 e. The predicted octanol–water partition coefficient (Wildman–Crippen LogP) is 2.77. The molecule has 1 aromatic carbocycles. The van der Waals surface area contributed by atoms with E-state index in [9.17, 15) is 4.79 Å². The molecule has 0 aliphatic carbocycles. The highest BCUT2D eigenvalue weighted by molar-refractivity contribution is 5.82. The molecule has 0 spiro atoms. The van der Waals surface area contributed by atoms with E-state index in [2.05, 4.69) is 36.1 Å². The monoisotopic (exact) mass is 260 g/mol. The molecule has 1 aliphatic rings. The lowest BCUT2D eigenvalue weighted by Crippen LogP contribution is -2.52. The first-order chi connectivity index (χ1) is 9.04. The number of benzene rings is 1. The number of carbonyl (C=O) groups excluding carboxylic acids is 1. The molecule has 1 amide bonds. The van der Waals surface area contributed by atoms with Crippen molar-refractivity contribution >= 4 is 11.6 Å². The number of piperazine rings is 1. The summed E-state index contributed by atoms with van der Waals surface area (Å²) in [6.07, 6.45) is 0.894. The topological polar surface area (TPSA) is 23.6 Å². The van der Waals surface area contributed by atoms with Crippen LogP contribution in [0, 0.1) is 5.41 Å². The quantitative estimate of drug-likeness (QED) is 0.834. The van der Waals surface area contributed by atoms with E-state index in [-0.39, 0.29) is 5.41 Å². The van der Waals surface area contributed by atoms with E-state index in [4.69, 9.17) is 0 Å². The zero-order valence-corrected chi connectivity index (χ0v) is 12.2. The summed E-state index contributed by atoms with van der Waals surface area (Å²) >= 11 is 0. The highest BCUT2D eigenvalue weighted by Crippen LogP contribution is 2.24. The van der Waals surface area contributed by atoms with Gasteiger partial charge in [0.1, 0.15) is 0 Å². The minimum Gasteiger partial charge on any atom is -0.368 e. The Balaban J connectivity index is 1.95. The lowest BCUT2D eigenvalue weighted by atomic mass is 9.88. The zero-order chi connectivity index (χ0) is 13.9. The van der Waals surface area contributed by atoms with Gasteiger partial charge in [-0.05, 0) is 18.6 Å². The molecule has 0 saturated carbocycles. The SMILES string of the molecule is CCC(C)(C)C(=O)N1CCN(c2ccccc2)CC1. The normalized spacial score (nSPS) is 16.6. The van der Waals surface area contributed by atoms with Gasteiger partial charge in [-0.25, -0.2) is 0 Å². The van der Waals surface area contributed by atoms with Gasteiger partial charge in [-0.2, -0.15) is 0 Å². The number of carbonyl (C=O) groups is 1. The largest absolute Gasteiger partial charge is 0.368 e. The van der Waals surface area contributed by atoms with E-state index in [1.165, 1.54) is 5.69 Å². The van der Waals surface area contributed by atoms with Gasteiger partial charge < -0.3 is 9.80 Å². The van der Waals surface area contributed by atoms with Crippen molar-refractivity contribution in [2.24, 2.45) is 5.41 Å². The molecule has 1 aliphatic heterocycles. The fourth-order valence-electron chi connectivity index (χ4n) is 2.39. The van der Waals surface area contributed by atoms with Gasteiger partial charge in [0, 0.05) is 37.3 Å². The van der Waals surface area contributed by atoms with E-state index in [0.29, 0.717) is 5.91 Å². The average Bonchev–Trinajstić information content (AvgIpc) is 2.47. The molecule has 3 heteroatoms. The first kappa shape index (κ1) is 13.9. The van der Waals surface area contributed by atoms with Crippen LogP contribution in [-0.4, -0.2) is 37.0 Å². The van der Waals surface area contributed by atoms with Crippen molar-refractivity contribution in [1.29, 1.82) is 0 Å². The van der Waals surface area contributed by atoms with Crippen molar-refractivity contribution in [3.05, 3.63) is 30.3 Å².